The van der Waals surface area contributed by atoms with E-state index in [4.69, 9.17) is 0 Å². The quantitative estimate of drug-likeness (QED) is 0.647. The third kappa shape index (κ3) is 3.85. The molecule has 0 fully saturated rings. The van der Waals surface area contributed by atoms with E-state index in [9.17, 15) is 0 Å². The molecule has 128 valence electrons. The topological polar surface area (TPSA) is 49.7 Å². The molecule has 0 unspecified atom stereocenters. The Labute approximate surface area is 143 Å². The molecule has 3 aromatic rings. The summed E-state index contributed by atoms with van der Waals surface area (Å²) in [4.78, 5) is 5.65. The van der Waals surface area contributed by atoms with Gasteiger partial charge in [-0.2, -0.15) is 0 Å². The number of nitrogens with one attached hydrogen (secondary N) is 1. The molecule has 24 heavy (non-hydrogen) atoms. The fourth-order valence-corrected chi connectivity index (χ4v) is 3.13. The summed E-state index contributed by atoms with van der Waals surface area (Å²) in [5, 5.41) is 9.57. The number of hydrogen-bond donors (Lipinski definition) is 1. The third-order valence-corrected chi connectivity index (χ3v) is 4.53. The van der Waals surface area contributed by atoms with Gasteiger partial charge in [0.2, 0.25) is 0 Å². The highest BCUT2D eigenvalue weighted by Crippen LogP contribution is 2.22. The van der Waals surface area contributed by atoms with Crippen molar-refractivity contribution < 1.29 is 0 Å². The molecule has 0 amide bonds. The number of nitrogens with zero attached hydrogens (tertiary/aromatic N) is 4. The highest BCUT2D eigenvalue weighted by atomic mass is 15.4. The number of aryl methyl sites for hydroxylation is 2. The zero-order valence-electron chi connectivity index (χ0n) is 14.9. The SMILES string of the molecule is CCc1cnnn1Cc1ccc2[nH]cc(CCCCN(C)C)c2c1. The van der Waals surface area contributed by atoms with Crippen LogP contribution in [-0.2, 0) is 19.4 Å². The van der Waals surface area contributed by atoms with Crippen LogP contribution in [0.15, 0.2) is 30.6 Å². The fourth-order valence-electron chi connectivity index (χ4n) is 3.13. The maximum Gasteiger partial charge on any atom is 0.0725 e. The van der Waals surface area contributed by atoms with Crippen LogP contribution >= 0.6 is 0 Å². The van der Waals surface area contributed by atoms with Crippen LogP contribution in [0.25, 0.3) is 10.9 Å². The van der Waals surface area contributed by atoms with Crippen LogP contribution in [-0.4, -0.2) is 45.5 Å². The largest absolute Gasteiger partial charge is 0.361 e. The van der Waals surface area contributed by atoms with E-state index in [0.29, 0.717) is 0 Å². The molecule has 0 saturated heterocycles. The molecule has 1 aromatic carbocycles. The second kappa shape index (κ2) is 7.62. The lowest BCUT2D eigenvalue weighted by Crippen LogP contribution is -2.12. The van der Waals surface area contributed by atoms with Gasteiger partial charge in [-0.15, -0.1) is 5.10 Å². The maximum atomic E-state index is 4.20. The average Bonchev–Trinajstić information content (AvgIpc) is 3.18. The minimum atomic E-state index is 0.782. The van der Waals surface area contributed by atoms with Crippen molar-refractivity contribution in [2.24, 2.45) is 0 Å². The van der Waals surface area contributed by atoms with Crippen LogP contribution in [0.4, 0.5) is 0 Å². The van der Waals surface area contributed by atoms with E-state index in [-0.39, 0.29) is 0 Å². The van der Waals surface area contributed by atoms with Gasteiger partial charge in [-0.05, 0) is 69.6 Å². The number of fused-ring (bicyclic) bond motifs is 1. The van der Waals surface area contributed by atoms with Crippen LogP contribution in [0.1, 0.15) is 36.6 Å². The monoisotopic (exact) mass is 325 g/mol. The third-order valence-electron chi connectivity index (χ3n) is 4.53. The van der Waals surface area contributed by atoms with Crippen molar-refractivity contribution in [2.45, 2.75) is 39.2 Å². The fraction of sp³-hybridized carbons (Fsp3) is 0.474. The molecular formula is C19H27N5. The standard InChI is InChI=1S/C19H27N5/c1-4-17-13-21-22-24(17)14-15-8-9-19-18(11-15)16(12-20-19)7-5-6-10-23(2)3/h8-9,11-13,20H,4-7,10,14H2,1-3H3. The van der Waals surface area contributed by atoms with E-state index in [2.05, 4.69) is 65.6 Å². The zero-order chi connectivity index (χ0) is 16.9. The van der Waals surface area contributed by atoms with Crippen molar-refractivity contribution in [3.05, 3.63) is 47.4 Å². The second-order valence-electron chi connectivity index (χ2n) is 6.69. The molecule has 0 aliphatic heterocycles. The van der Waals surface area contributed by atoms with Gasteiger partial charge in [0.15, 0.2) is 0 Å². The second-order valence-corrected chi connectivity index (χ2v) is 6.69. The molecule has 0 spiro atoms. The number of aromatic amines is 1. The highest BCUT2D eigenvalue weighted by molar-refractivity contribution is 5.83. The Balaban J connectivity index is 1.73. The van der Waals surface area contributed by atoms with Crippen molar-refractivity contribution in [2.75, 3.05) is 20.6 Å². The van der Waals surface area contributed by atoms with Crippen molar-refractivity contribution in [3.8, 4) is 0 Å². The van der Waals surface area contributed by atoms with Crippen LogP contribution in [0.5, 0.6) is 0 Å². The Morgan fingerprint density at radius 2 is 2.08 bits per heavy atom. The molecule has 0 radical (unpaired) electrons. The van der Waals surface area contributed by atoms with Gasteiger partial charge in [0, 0.05) is 17.1 Å². The van der Waals surface area contributed by atoms with E-state index >= 15 is 0 Å². The molecular weight excluding hydrogens is 298 g/mol. The van der Waals surface area contributed by atoms with Gasteiger partial charge in [-0.3, -0.25) is 0 Å². The first-order chi connectivity index (χ1) is 11.7. The predicted octanol–water partition coefficient (Wildman–Crippen LogP) is 3.25. The summed E-state index contributed by atoms with van der Waals surface area (Å²) in [6, 6.07) is 6.65. The number of unbranched alkanes of at least 4 members (excludes halogenated alkanes) is 1. The number of aromatic nitrogens is 4. The normalized spacial score (nSPS) is 11.7. The van der Waals surface area contributed by atoms with Crippen molar-refractivity contribution in [1.29, 1.82) is 0 Å². The van der Waals surface area contributed by atoms with E-state index in [1.807, 2.05) is 10.9 Å². The molecule has 5 nitrogen and oxygen atoms in total. The highest BCUT2D eigenvalue weighted by Gasteiger charge is 2.07. The number of H-pyrrole nitrogens is 1. The van der Waals surface area contributed by atoms with Crippen molar-refractivity contribution in [1.82, 2.24) is 24.9 Å². The van der Waals surface area contributed by atoms with E-state index in [1.165, 1.54) is 40.6 Å². The van der Waals surface area contributed by atoms with E-state index in [0.717, 1.165) is 25.9 Å². The van der Waals surface area contributed by atoms with Crippen LogP contribution in [0.2, 0.25) is 0 Å². The molecule has 0 atom stereocenters. The molecule has 0 aliphatic rings. The molecule has 3 rings (SSSR count). The minimum absolute atomic E-state index is 0.782. The van der Waals surface area contributed by atoms with Crippen molar-refractivity contribution >= 4 is 10.9 Å². The molecule has 0 saturated carbocycles. The summed E-state index contributed by atoms with van der Waals surface area (Å²) in [6.07, 6.45) is 8.55. The summed E-state index contributed by atoms with van der Waals surface area (Å²) < 4.78 is 1.99. The number of benzene rings is 1. The van der Waals surface area contributed by atoms with E-state index < -0.39 is 0 Å². The molecule has 0 aliphatic carbocycles. The average molecular weight is 325 g/mol. The zero-order valence-corrected chi connectivity index (χ0v) is 14.9. The molecule has 2 aromatic heterocycles. The maximum absolute atomic E-state index is 4.20. The molecule has 5 heteroatoms. The lowest BCUT2D eigenvalue weighted by atomic mass is 10.0. The Kier molecular flexibility index (Phi) is 5.30. The number of hydrogen-bond acceptors (Lipinski definition) is 3. The molecule has 1 N–H and O–H groups in total. The molecule has 2 heterocycles. The first kappa shape index (κ1) is 16.7. The lowest BCUT2D eigenvalue weighted by molar-refractivity contribution is 0.394. The van der Waals surface area contributed by atoms with Crippen LogP contribution in [0, 0.1) is 0 Å². The van der Waals surface area contributed by atoms with Gasteiger partial charge < -0.3 is 9.88 Å². The first-order valence-electron chi connectivity index (χ1n) is 8.78. The first-order valence-corrected chi connectivity index (χ1v) is 8.78. The summed E-state index contributed by atoms with van der Waals surface area (Å²) in [5.41, 5.74) is 5.08. The summed E-state index contributed by atoms with van der Waals surface area (Å²) in [6.45, 7) is 4.07. The Bertz CT molecular complexity index is 784. The lowest BCUT2D eigenvalue weighted by Gasteiger charge is -2.08. The van der Waals surface area contributed by atoms with Gasteiger partial charge in [-0.25, -0.2) is 4.68 Å². The smallest absolute Gasteiger partial charge is 0.0725 e. The Morgan fingerprint density at radius 1 is 1.21 bits per heavy atom. The van der Waals surface area contributed by atoms with Crippen molar-refractivity contribution in [3.63, 3.8) is 0 Å². The van der Waals surface area contributed by atoms with Gasteiger partial charge in [0.05, 0.1) is 18.4 Å². The molecule has 0 bridgehead atoms. The van der Waals surface area contributed by atoms with Crippen LogP contribution < -0.4 is 0 Å². The van der Waals surface area contributed by atoms with Gasteiger partial charge in [0.25, 0.3) is 0 Å². The van der Waals surface area contributed by atoms with E-state index in [1.54, 1.807) is 0 Å². The van der Waals surface area contributed by atoms with Crippen LogP contribution in [0.3, 0.4) is 0 Å². The minimum Gasteiger partial charge on any atom is -0.361 e. The predicted molar refractivity (Wildman–Crippen MR) is 98.3 cm³/mol. The Morgan fingerprint density at radius 3 is 2.88 bits per heavy atom. The summed E-state index contributed by atoms with van der Waals surface area (Å²) >= 11 is 0. The van der Waals surface area contributed by atoms with Gasteiger partial charge in [0.1, 0.15) is 0 Å². The number of rotatable bonds is 8. The van der Waals surface area contributed by atoms with Gasteiger partial charge >= 0.3 is 0 Å². The van der Waals surface area contributed by atoms with Gasteiger partial charge in [-0.1, -0.05) is 18.2 Å². The summed E-state index contributed by atoms with van der Waals surface area (Å²) in [5.74, 6) is 0. The summed E-state index contributed by atoms with van der Waals surface area (Å²) in [7, 11) is 4.26. The Hall–Kier alpha value is -2.14.